The number of hydrogen-bond donors (Lipinski definition) is 1. The zero-order valence-corrected chi connectivity index (χ0v) is 9.37. The van der Waals surface area contributed by atoms with Gasteiger partial charge in [-0.25, -0.2) is 4.98 Å². The van der Waals surface area contributed by atoms with Crippen molar-refractivity contribution in [1.29, 1.82) is 0 Å². The molecule has 0 spiro atoms. The van der Waals surface area contributed by atoms with Gasteiger partial charge >= 0.3 is 5.97 Å². The molecule has 5 heteroatoms. The molecular formula is C9H10NO2S2. The second-order valence-corrected chi connectivity index (χ2v) is 5.85. The van der Waals surface area contributed by atoms with Crippen molar-refractivity contribution in [1.82, 2.24) is 4.98 Å². The fraction of sp³-hybridized carbons (Fsp3) is 0.556. The summed E-state index contributed by atoms with van der Waals surface area (Å²) < 4.78 is 0.225. The number of aryl methyl sites for hydroxylation is 1. The fourth-order valence-electron chi connectivity index (χ4n) is 1.37. The average Bonchev–Trinajstić information content (AvgIpc) is 2.43. The zero-order chi connectivity index (χ0) is 10.2. The van der Waals surface area contributed by atoms with Gasteiger partial charge in [0.05, 0.1) is 11.1 Å². The summed E-state index contributed by atoms with van der Waals surface area (Å²) in [6.07, 6.45) is 2.52. The molecule has 1 saturated carbocycles. The van der Waals surface area contributed by atoms with E-state index in [1.807, 2.05) is 6.92 Å². The third-order valence-corrected chi connectivity index (χ3v) is 4.78. The molecule has 2 rings (SSSR count). The molecule has 0 saturated heterocycles. The second kappa shape index (κ2) is 3.55. The lowest BCUT2D eigenvalue weighted by atomic mass is 9.84. The van der Waals surface area contributed by atoms with E-state index in [2.05, 4.69) is 10.4 Å². The van der Waals surface area contributed by atoms with Crippen molar-refractivity contribution in [2.75, 3.05) is 0 Å². The Bertz CT molecular complexity index is 357. The first-order chi connectivity index (χ1) is 6.62. The Labute approximate surface area is 90.6 Å². The molecule has 3 nitrogen and oxygen atoms in total. The summed E-state index contributed by atoms with van der Waals surface area (Å²) in [5, 5.41) is 12.1. The smallest absolute Gasteiger partial charge is 0.320 e. The number of carboxylic acids is 1. The predicted molar refractivity (Wildman–Crippen MR) is 55.8 cm³/mol. The number of thioether (sulfide) groups is 1. The topological polar surface area (TPSA) is 50.2 Å². The monoisotopic (exact) mass is 228 g/mol. The lowest BCUT2D eigenvalue weighted by Gasteiger charge is -2.35. The number of rotatable bonds is 3. The zero-order valence-electron chi connectivity index (χ0n) is 7.74. The van der Waals surface area contributed by atoms with E-state index in [9.17, 15) is 4.79 Å². The summed E-state index contributed by atoms with van der Waals surface area (Å²) in [6, 6.07) is 0. The fourth-order valence-corrected chi connectivity index (χ4v) is 3.70. The molecule has 0 atom stereocenters. The first-order valence-electron chi connectivity index (χ1n) is 4.40. The minimum Gasteiger partial charge on any atom is -0.480 e. The Kier molecular flexibility index (Phi) is 2.53. The molecule has 1 fully saturated rings. The molecule has 0 aromatic carbocycles. The summed E-state index contributed by atoms with van der Waals surface area (Å²) in [7, 11) is 0. The average molecular weight is 228 g/mol. The minimum atomic E-state index is -0.707. The molecule has 1 aliphatic rings. The van der Waals surface area contributed by atoms with Crippen LogP contribution in [-0.2, 0) is 4.79 Å². The summed E-state index contributed by atoms with van der Waals surface area (Å²) in [5.74, 6) is -0.707. The first-order valence-corrected chi connectivity index (χ1v) is 6.03. The first kappa shape index (κ1) is 9.98. The Hall–Kier alpha value is -0.550. The molecular weight excluding hydrogens is 218 g/mol. The molecule has 75 valence electrons. The Morgan fingerprint density at radius 1 is 1.71 bits per heavy atom. The van der Waals surface area contributed by atoms with Crippen molar-refractivity contribution in [3.05, 3.63) is 11.1 Å². The number of hydrogen-bond acceptors (Lipinski definition) is 4. The highest BCUT2D eigenvalue weighted by Crippen LogP contribution is 2.48. The van der Waals surface area contributed by atoms with Crippen LogP contribution in [0.5, 0.6) is 0 Å². The van der Waals surface area contributed by atoms with Crippen LogP contribution < -0.4 is 0 Å². The lowest BCUT2D eigenvalue weighted by Crippen LogP contribution is -2.41. The van der Waals surface area contributed by atoms with Crippen LogP contribution in [0.1, 0.15) is 25.0 Å². The standard InChI is InChI=1S/C9H10NO2S2/c1-6-5-13-8(10-6)14-9(7(11)12)3-2-4-9/h2-4H2,1H3,(H,11,12). The SMILES string of the molecule is Cc1[c]sc(SC2(C(=O)O)CCC2)n1. The number of thiazole rings is 1. The molecule has 1 N–H and O–H groups in total. The van der Waals surface area contributed by atoms with Crippen LogP contribution in [0.2, 0.25) is 0 Å². The third kappa shape index (κ3) is 1.66. The second-order valence-electron chi connectivity index (χ2n) is 3.42. The quantitative estimate of drug-likeness (QED) is 0.862. The normalized spacial score (nSPS) is 18.9. The van der Waals surface area contributed by atoms with Crippen molar-refractivity contribution in [3.8, 4) is 0 Å². The van der Waals surface area contributed by atoms with Crippen LogP contribution in [0.15, 0.2) is 4.34 Å². The van der Waals surface area contributed by atoms with Gasteiger partial charge in [-0.1, -0.05) is 11.8 Å². The molecule has 1 heterocycles. The molecule has 1 aromatic heterocycles. The van der Waals surface area contributed by atoms with Gasteiger partial charge in [0, 0.05) is 0 Å². The Morgan fingerprint density at radius 3 is 2.79 bits per heavy atom. The van der Waals surface area contributed by atoms with E-state index in [0.717, 1.165) is 29.3 Å². The molecule has 1 aliphatic carbocycles. The lowest BCUT2D eigenvalue weighted by molar-refractivity contribution is -0.142. The highest BCUT2D eigenvalue weighted by Gasteiger charge is 2.46. The van der Waals surface area contributed by atoms with Crippen LogP contribution in [0.25, 0.3) is 0 Å². The van der Waals surface area contributed by atoms with E-state index in [1.54, 1.807) is 0 Å². The van der Waals surface area contributed by atoms with E-state index in [0.29, 0.717) is 0 Å². The maximum absolute atomic E-state index is 11.1. The Balaban J connectivity index is 2.12. The van der Waals surface area contributed by atoms with Gasteiger partial charge in [0.1, 0.15) is 4.75 Å². The van der Waals surface area contributed by atoms with Gasteiger partial charge in [0.15, 0.2) is 4.34 Å². The van der Waals surface area contributed by atoms with Gasteiger partial charge in [-0.05, 0) is 26.2 Å². The maximum atomic E-state index is 11.1. The summed E-state index contributed by atoms with van der Waals surface area (Å²) in [6.45, 7) is 1.87. The number of carboxylic acid groups (broad SMARTS) is 1. The van der Waals surface area contributed by atoms with Gasteiger partial charge in [-0.3, -0.25) is 4.79 Å². The molecule has 1 radical (unpaired) electrons. The summed E-state index contributed by atoms with van der Waals surface area (Å²) in [4.78, 5) is 15.3. The largest absolute Gasteiger partial charge is 0.480 e. The van der Waals surface area contributed by atoms with E-state index in [-0.39, 0.29) is 0 Å². The van der Waals surface area contributed by atoms with E-state index < -0.39 is 10.7 Å². The number of aromatic nitrogens is 1. The van der Waals surface area contributed by atoms with Crippen LogP contribution in [0.3, 0.4) is 0 Å². The van der Waals surface area contributed by atoms with Crippen LogP contribution in [0, 0.1) is 12.3 Å². The molecule has 0 amide bonds. The van der Waals surface area contributed by atoms with Crippen LogP contribution in [-0.4, -0.2) is 20.8 Å². The van der Waals surface area contributed by atoms with Crippen LogP contribution >= 0.6 is 23.1 Å². The Morgan fingerprint density at radius 2 is 2.43 bits per heavy atom. The molecule has 0 unspecified atom stereocenters. The highest BCUT2D eigenvalue weighted by atomic mass is 32.2. The highest BCUT2D eigenvalue weighted by molar-refractivity contribution is 8.03. The molecule has 1 aromatic rings. The molecule has 0 aliphatic heterocycles. The number of nitrogens with zero attached hydrogens (tertiary/aromatic N) is 1. The van der Waals surface area contributed by atoms with Crippen molar-refractivity contribution >= 4 is 29.1 Å². The molecule has 0 bridgehead atoms. The van der Waals surface area contributed by atoms with E-state index in [4.69, 9.17) is 5.11 Å². The third-order valence-electron chi connectivity index (χ3n) is 2.38. The van der Waals surface area contributed by atoms with Gasteiger partial charge in [0.25, 0.3) is 0 Å². The van der Waals surface area contributed by atoms with Gasteiger partial charge in [-0.15, -0.1) is 11.3 Å². The summed E-state index contributed by atoms with van der Waals surface area (Å²) in [5.41, 5.74) is 0.845. The van der Waals surface area contributed by atoms with E-state index >= 15 is 0 Å². The maximum Gasteiger partial charge on any atom is 0.320 e. The summed E-state index contributed by atoms with van der Waals surface area (Å²) >= 11 is 2.79. The van der Waals surface area contributed by atoms with Gasteiger partial charge in [0.2, 0.25) is 0 Å². The van der Waals surface area contributed by atoms with E-state index in [1.165, 1.54) is 23.1 Å². The predicted octanol–water partition coefficient (Wildman–Crippen LogP) is 2.35. The molecule has 14 heavy (non-hydrogen) atoms. The van der Waals surface area contributed by atoms with Gasteiger partial charge in [-0.2, -0.15) is 0 Å². The van der Waals surface area contributed by atoms with Crippen molar-refractivity contribution in [2.24, 2.45) is 0 Å². The van der Waals surface area contributed by atoms with Crippen LogP contribution in [0.4, 0.5) is 0 Å². The van der Waals surface area contributed by atoms with Crippen molar-refractivity contribution in [2.45, 2.75) is 35.3 Å². The van der Waals surface area contributed by atoms with Crippen molar-refractivity contribution < 1.29 is 9.90 Å². The van der Waals surface area contributed by atoms with Gasteiger partial charge < -0.3 is 5.11 Å². The number of carbonyl (C=O) groups is 1. The number of aliphatic carboxylic acids is 1. The minimum absolute atomic E-state index is 0.599. The van der Waals surface area contributed by atoms with Crippen molar-refractivity contribution in [3.63, 3.8) is 0 Å².